The Bertz CT molecular complexity index is 318. The highest BCUT2D eigenvalue weighted by molar-refractivity contribution is 5.54. The molecule has 1 rings (SSSR count). The van der Waals surface area contributed by atoms with Crippen molar-refractivity contribution in [3.63, 3.8) is 0 Å². The summed E-state index contributed by atoms with van der Waals surface area (Å²) in [5.41, 5.74) is 2.16. The first-order valence-electron chi connectivity index (χ1n) is 6.11. The van der Waals surface area contributed by atoms with Gasteiger partial charge in [-0.2, -0.15) is 0 Å². The molecule has 1 atom stereocenters. The topological polar surface area (TPSA) is 23.5 Å². The maximum atomic E-state index is 9.75. The molecule has 0 aliphatic heterocycles. The summed E-state index contributed by atoms with van der Waals surface area (Å²) in [6.45, 7) is 6.23. The smallest absolute Gasteiger partial charge is 0.0781 e. The molecule has 0 radical (unpaired) electrons. The summed E-state index contributed by atoms with van der Waals surface area (Å²) in [5, 5.41) is 9.75. The summed E-state index contributed by atoms with van der Waals surface area (Å²) in [5.74, 6) is 0. The SMILES string of the molecule is CCC(CC)N(C)c1ccccc1C(C)O. The lowest BCUT2D eigenvalue weighted by Gasteiger charge is -2.30. The van der Waals surface area contributed by atoms with Crippen LogP contribution >= 0.6 is 0 Å². The Morgan fingerprint density at radius 2 is 1.75 bits per heavy atom. The van der Waals surface area contributed by atoms with Crippen molar-refractivity contribution in [2.24, 2.45) is 0 Å². The molecule has 0 aromatic heterocycles. The molecule has 1 N–H and O–H groups in total. The van der Waals surface area contributed by atoms with E-state index in [4.69, 9.17) is 0 Å². The van der Waals surface area contributed by atoms with E-state index in [1.165, 1.54) is 0 Å². The van der Waals surface area contributed by atoms with Crippen molar-refractivity contribution in [1.29, 1.82) is 0 Å². The van der Waals surface area contributed by atoms with Crippen LogP contribution in [-0.4, -0.2) is 18.2 Å². The molecule has 1 aromatic rings. The van der Waals surface area contributed by atoms with E-state index in [1.54, 1.807) is 0 Å². The second-order valence-electron chi connectivity index (χ2n) is 4.32. The van der Waals surface area contributed by atoms with Crippen LogP contribution in [0.25, 0.3) is 0 Å². The number of hydrogen-bond donors (Lipinski definition) is 1. The van der Waals surface area contributed by atoms with Gasteiger partial charge in [0, 0.05) is 24.3 Å². The van der Waals surface area contributed by atoms with Gasteiger partial charge in [0.1, 0.15) is 0 Å². The van der Waals surface area contributed by atoms with Gasteiger partial charge in [0.15, 0.2) is 0 Å². The van der Waals surface area contributed by atoms with Crippen LogP contribution in [-0.2, 0) is 0 Å². The van der Waals surface area contributed by atoms with Crippen molar-refractivity contribution in [2.45, 2.75) is 45.8 Å². The average molecular weight is 221 g/mol. The summed E-state index contributed by atoms with van der Waals surface area (Å²) in [7, 11) is 2.11. The van der Waals surface area contributed by atoms with Crippen LogP contribution in [0, 0.1) is 0 Å². The normalized spacial score (nSPS) is 12.9. The molecule has 0 bridgehead atoms. The van der Waals surface area contributed by atoms with Gasteiger partial charge >= 0.3 is 0 Å². The molecule has 0 heterocycles. The van der Waals surface area contributed by atoms with Crippen LogP contribution in [0.3, 0.4) is 0 Å². The number of anilines is 1. The second-order valence-corrected chi connectivity index (χ2v) is 4.32. The highest BCUT2D eigenvalue weighted by atomic mass is 16.3. The monoisotopic (exact) mass is 221 g/mol. The van der Waals surface area contributed by atoms with Crippen LogP contribution in [0.1, 0.15) is 45.3 Å². The molecule has 0 spiro atoms. The Morgan fingerprint density at radius 3 is 2.25 bits per heavy atom. The van der Waals surface area contributed by atoms with Crippen molar-refractivity contribution in [2.75, 3.05) is 11.9 Å². The van der Waals surface area contributed by atoms with Gasteiger partial charge in [-0.05, 0) is 25.8 Å². The summed E-state index contributed by atoms with van der Waals surface area (Å²) in [6, 6.07) is 8.63. The molecular weight excluding hydrogens is 198 g/mol. The Hall–Kier alpha value is -1.02. The van der Waals surface area contributed by atoms with Gasteiger partial charge < -0.3 is 10.0 Å². The number of rotatable bonds is 5. The van der Waals surface area contributed by atoms with Gasteiger partial charge in [-0.25, -0.2) is 0 Å². The average Bonchev–Trinajstić information content (AvgIpc) is 2.30. The minimum atomic E-state index is -0.409. The van der Waals surface area contributed by atoms with Gasteiger partial charge in [0.2, 0.25) is 0 Å². The molecular formula is C14H23NO. The third-order valence-corrected chi connectivity index (χ3v) is 3.26. The van der Waals surface area contributed by atoms with Crippen LogP contribution < -0.4 is 4.90 Å². The fourth-order valence-electron chi connectivity index (χ4n) is 2.20. The molecule has 0 saturated carbocycles. The predicted molar refractivity (Wildman–Crippen MR) is 69.8 cm³/mol. The number of aliphatic hydroxyl groups is 1. The Balaban J connectivity index is 3.02. The molecule has 90 valence electrons. The van der Waals surface area contributed by atoms with Gasteiger partial charge in [-0.1, -0.05) is 32.0 Å². The summed E-state index contributed by atoms with van der Waals surface area (Å²) >= 11 is 0. The Kier molecular flexibility index (Phi) is 4.81. The number of para-hydroxylation sites is 1. The lowest BCUT2D eigenvalue weighted by molar-refractivity contribution is 0.199. The minimum Gasteiger partial charge on any atom is -0.389 e. The molecule has 1 unspecified atom stereocenters. The van der Waals surface area contributed by atoms with Gasteiger partial charge in [-0.3, -0.25) is 0 Å². The molecule has 0 aliphatic carbocycles. The zero-order valence-corrected chi connectivity index (χ0v) is 10.8. The fraction of sp³-hybridized carbons (Fsp3) is 0.571. The molecule has 0 aliphatic rings. The van der Waals surface area contributed by atoms with E-state index in [-0.39, 0.29) is 0 Å². The number of aliphatic hydroxyl groups excluding tert-OH is 1. The van der Waals surface area contributed by atoms with Crippen molar-refractivity contribution in [1.82, 2.24) is 0 Å². The largest absolute Gasteiger partial charge is 0.389 e. The van der Waals surface area contributed by atoms with Crippen LogP contribution in [0.4, 0.5) is 5.69 Å². The highest BCUT2D eigenvalue weighted by Crippen LogP contribution is 2.27. The first kappa shape index (κ1) is 13.0. The summed E-state index contributed by atoms with van der Waals surface area (Å²) < 4.78 is 0. The van der Waals surface area contributed by atoms with Gasteiger partial charge in [-0.15, -0.1) is 0 Å². The van der Waals surface area contributed by atoms with Crippen LogP contribution in [0.2, 0.25) is 0 Å². The van der Waals surface area contributed by atoms with E-state index in [1.807, 2.05) is 25.1 Å². The van der Waals surface area contributed by atoms with E-state index in [0.717, 1.165) is 24.1 Å². The van der Waals surface area contributed by atoms with E-state index in [0.29, 0.717) is 6.04 Å². The molecule has 16 heavy (non-hydrogen) atoms. The second kappa shape index (κ2) is 5.90. The zero-order valence-electron chi connectivity index (χ0n) is 10.8. The first-order chi connectivity index (χ1) is 7.61. The molecule has 0 saturated heterocycles. The van der Waals surface area contributed by atoms with Gasteiger partial charge in [0.05, 0.1) is 6.10 Å². The maximum absolute atomic E-state index is 9.75. The maximum Gasteiger partial charge on any atom is 0.0781 e. The quantitative estimate of drug-likeness (QED) is 0.824. The molecule has 0 fully saturated rings. The number of benzene rings is 1. The Morgan fingerprint density at radius 1 is 1.19 bits per heavy atom. The van der Waals surface area contributed by atoms with E-state index < -0.39 is 6.10 Å². The fourth-order valence-corrected chi connectivity index (χ4v) is 2.20. The standard InChI is InChI=1S/C14H23NO/c1-5-12(6-2)15(4)14-10-8-7-9-13(14)11(3)16/h7-12,16H,5-6H2,1-4H3. The molecule has 2 nitrogen and oxygen atoms in total. The minimum absolute atomic E-state index is 0.409. The lowest BCUT2D eigenvalue weighted by atomic mass is 10.0. The number of nitrogens with zero attached hydrogens (tertiary/aromatic N) is 1. The first-order valence-corrected chi connectivity index (χ1v) is 6.11. The van der Waals surface area contributed by atoms with Crippen molar-refractivity contribution >= 4 is 5.69 Å². The highest BCUT2D eigenvalue weighted by Gasteiger charge is 2.15. The lowest BCUT2D eigenvalue weighted by Crippen LogP contribution is -2.31. The van der Waals surface area contributed by atoms with E-state index in [2.05, 4.69) is 31.9 Å². The molecule has 0 amide bonds. The van der Waals surface area contributed by atoms with E-state index in [9.17, 15) is 5.11 Å². The van der Waals surface area contributed by atoms with Crippen molar-refractivity contribution < 1.29 is 5.11 Å². The Labute approximate surface area is 98.9 Å². The van der Waals surface area contributed by atoms with Crippen molar-refractivity contribution in [3.8, 4) is 0 Å². The third kappa shape index (κ3) is 2.76. The van der Waals surface area contributed by atoms with Crippen LogP contribution in [0.5, 0.6) is 0 Å². The van der Waals surface area contributed by atoms with Crippen molar-refractivity contribution in [3.05, 3.63) is 29.8 Å². The predicted octanol–water partition coefficient (Wildman–Crippen LogP) is 3.36. The van der Waals surface area contributed by atoms with Crippen LogP contribution in [0.15, 0.2) is 24.3 Å². The molecule has 2 heteroatoms. The summed E-state index contributed by atoms with van der Waals surface area (Å²) in [6.07, 6.45) is 1.84. The third-order valence-electron chi connectivity index (χ3n) is 3.26. The summed E-state index contributed by atoms with van der Waals surface area (Å²) in [4.78, 5) is 2.28. The number of hydrogen-bond acceptors (Lipinski definition) is 2. The zero-order chi connectivity index (χ0) is 12.1. The molecule has 1 aromatic carbocycles. The van der Waals surface area contributed by atoms with Gasteiger partial charge in [0.25, 0.3) is 0 Å². The van der Waals surface area contributed by atoms with E-state index >= 15 is 0 Å².